The highest BCUT2D eigenvalue weighted by atomic mass is 35.5. The molecule has 31 heavy (non-hydrogen) atoms. The molecule has 0 bridgehead atoms. The number of nitrogens with zero attached hydrogens (tertiary/aromatic N) is 4. The third kappa shape index (κ3) is 5.73. The molecule has 1 aliphatic heterocycles. The van der Waals surface area contributed by atoms with Gasteiger partial charge in [0.1, 0.15) is 5.02 Å². The zero-order valence-corrected chi connectivity index (χ0v) is 19.1. The molecule has 1 atom stereocenters. The van der Waals surface area contributed by atoms with E-state index < -0.39 is 0 Å². The van der Waals surface area contributed by atoms with Crippen molar-refractivity contribution in [2.75, 3.05) is 6.54 Å². The lowest BCUT2D eigenvalue weighted by Crippen LogP contribution is -2.33. The van der Waals surface area contributed by atoms with E-state index in [0.29, 0.717) is 36.1 Å². The van der Waals surface area contributed by atoms with E-state index >= 15 is 0 Å². The summed E-state index contributed by atoms with van der Waals surface area (Å²) in [7, 11) is 0. The normalized spacial score (nSPS) is 17.3. The molecule has 1 aliphatic rings. The minimum atomic E-state index is -0.225. The van der Waals surface area contributed by atoms with E-state index in [1.54, 1.807) is 22.8 Å². The fourth-order valence-electron chi connectivity index (χ4n) is 4.17. The number of aryl methyl sites for hydroxylation is 1. The number of pyridine rings is 1. The number of amidine groups is 1. The van der Waals surface area contributed by atoms with E-state index in [-0.39, 0.29) is 16.4 Å². The monoisotopic (exact) mass is 463 g/mol. The van der Waals surface area contributed by atoms with Gasteiger partial charge in [0.25, 0.3) is 5.56 Å². The molecule has 3 rings (SSSR count). The lowest BCUT2D eigenvalue weighted by molar-refractivity contribution is 0.227. The van der Waals surface area contributed by atoms with Crippen LogP contribution in [0.2, 0.25) is 10.0 Å². The van der Waals surface area contributed by atoms with Crippen LogP contribution in [0, 0.1) is 4.91 Å². The molecule has 1 aromatic carbocycles. The quantitative estimate of drug-likeness (QED) is 0.255. The number of hydrogen-bond donors (Lipinski definition) is 1. The van der Waals surface area contributed by atoms with E-state index in [0.717, 1.165) is 30.6 Å². The van der Waals surface area contributed by atoms with Crippen LogP contribution in [-0.4, -0.2) is 27.9 Å². The Hall–Kier alpha value is -2.22. The van der Waals surface area contributed by atoms with Gasteiger partial charge in [-0.3, -0.25) is 9.69 Å². The van der Waals surface area contributed by atoms with E-state index in [9.17, 15) is 9.70 Å². The number of aromatic nitrogens is 1. The highest BCUT2D eigenvalue weighted by Gasteiger charge is 2.26. The molecule has 1 aromatic heterocycles. The second-order valence-corrected chi connectivity index (χ2v) is 8.63. The zero-order chi connectivity index (χ0) is 22.4. The van der Waals surface area contributed by atoms with E-state index in [2.05, 4.69) is 22.2 Å². The van der Waals surface area contributed by atoms with Crippen molar-refractivity contribution in [2.45, 2.75) is 58.2 Å². The summed E-state index contributed by atoms with van der Waals surface area (Å²) < 4.78 is 1.70. The van der Waals surface area contributed by atoms with Gasteiger partial charge in [-0.25, -0.2) is 0 Å². The Labute approximate surface area is 191 Å². The summed E-state index contributed by atoms with van der Waals surface area (Å²) in [6.45, 7) is 4.31. The Morgan fingerprint density at radius 2 is 1.97 bits per heavy atom. The number of benzene rings is 1. The minimum absolute atomic E-state index is 0.0638. The third-order valence-corrected chi connectivity index (χ3v) is 6.40. The van der Waals surface area contributed by atoms with Gasteiger partial charge in [0, 0.05) is 24.7 Å². The van der Waals surface area contributed by atoms with Gasteiger partial charge in [-0.05, 0) is 43.9 Å². The van der Waals surface area contributed by atoms with Gasteiger partial charge < -0.3 is 10.3 Å². The summed E-state index contributed by atoms with van der Waals surface area (Å²) in [5.74, 6) is 0.0638. The van der Waals surface area contributed by atoms with Crippen LogP contribution in [0.1, 0.15) is 49.4 Å². The zero-order valence-electron chi connectivity index (χ0n) is 17.6. The lowest BCUT2D eigenvalue weighted by Gasteiger charge is -2.26. The predicted octanol–water partition coefficient (Wildman–Crippen LogP) is 4.55. The molecule has 2 aromatic rings. The lowest BCUT2D eigenvalue weighted by atomic mass is 10.1. The fourth-order valence-corrected chi connectivity index (χ4v) is 4.71. The first-order valence-corrected chi connectivity index (χ1v) is 11.3. The minimum Gasteiger partial charge on any atom is -0.382 e. The number of rotatable bonds is 9. The molecule has 2 N–H and O–H groups in total. The van der Waals surface area contributed by atoms with Crippen molar-refractivity contribution < 1.29 is 0 Å². The number of hydrogen-bond acceptors (Lipinski definition) is 4. The molecule has 7 nitrogen and oxygen atoms in total. The average molecular weight is 464 g/mol. The second-order valence-electron chi connectivity index (χ2n) is 7.81. The summed E-state index contributed by atoms with van der Waals surface area (Å²) in [4.78, 5) is 25.5. The topological polar surface area (TPSA) is 93.1 Å². The molecule has 1 fully saturated rings. The average Bonchev–Trinajstić information content (AvgIpc) is 3.19. The predicted molar refractivity (Wildman–Crippen MR) is 126 cm³/mol. The van der Waals surface area contributed by atoms with Gasteiger partial charge in [0.2, 0.25) is 0 Å². The molecule has 0 amide bonds. The Morgan fingerprint density at radius 3 is 2.65 bits per heavy atom. The maximum atomic E-state index is 12.8. The van der Waals surface area contributed by atoms with Crippen LogP contribution >= 0.6 is 23.2 Å². The molecule has 0 saturated carbocycles. The van der Waals surface area contributed by atoms with Gasteiger partial charge in [-0.1, -0.05) is 65.9 Å². The van der Waals surface area contributed by atoms with E-state index in [1.165, 1.54) is 12.8 Å². The Bertz CT molecular complexity index is 1000. The standard InChI is InChI=1S/C22H27Cl2N5O2/c1-2-4-17-5-3-11-28(17)14-20-18(23)13-19(24)22(30)29(20)12-10-15-6-8-16(9-7-15)21(25)26-27-31/h6-9,13,17H,2-5,10-12,14H2,1H3,(H2,25,26,31)/t17-/m0/s1. The maximum Gasteiger partial charge on any atom is 0.269 e. The summed E-state index contributed by atoms with van der Waals surface area (Å²) >= 11 is 12.7. The van der Waals surface area contributed by atoms with Crippen molar-refractivity contribution in [2.24, 2.45) is 16.1 Å². The van der Waals surface area contributed by atoms with Gasteiger partial charge in [-0.15, -0.1) is 4.91 Å². The smallest absolute Gasteiger partial charge is 0.269 e. The molecule has 0 spiro atoms. The van der Waals surface area contributed by atoms with Crippen LogP contribution in [0.15, 0.2) is 45.5 Å². The first-order chi connectivity index (χ1) is 14.9. The summed E-state index contributed by atoms with van der Waals surface area (Å²) in [5.41, 5.74) is 7.89. The summed E-state index contributed by atoms with van der Waals surface area (Å²) in [5, 5.41) is 6.41. The van der Waals surface area contributed by atoms with Gasteiger partial charge in [0.15, 0.2) is 5.84 Å². The van der Waals surface area contributed by atoms with Gasteiger partial charge >= 0.3 is 0 Å². The molecular weight excluding hydrogens is 437 g/mol. The van der Waals surface area contributed by atoms with Crippen LogP contribution in [0.5, 0.6) is 0 Å². The molecule has 2 heterocycles. The largest absolute Gasteiger partial charge is 0.382 e. The van der Waals surface area contributed by atoms with Gasteiger partial charge in [0.05, 0.1) is 16.0 Å². The van der Waals surface area contributed by atoms with Crippen molar-refractivity contribution in [3.63, 3.8) is 0 Å². The third-order valence-electron chi connectivity index (χ3n) is 5.80. The highest BCUT2D eigenvalue weighted by molar-refractivity contribution is 6.34. The molecule has 166 valence electrons. The van der Waals surface area contributed by atoms with Crippen molar-refractivity contribution in [1.82, 2.24) is 9.47 Å². The number of nitrogens with two attached hydrogens (primary N) is 1. The second kappa shape index (κ2) is 10.9. The first-order valence-electron chi connectivity index (χ1n) is 10.5. The maximum absolute atomic E-state index is 12.8. The van der Waals surface area contributed by atoms with Crippen LogP contribution in [0.25, 0.3) is 0 Å². The van der Waals surface area contributed by atoms with Gasteiger partial charge in [-0.2, -0.15) is 0 Å². The first kappa shape index (κ1) is 23.4. The van der Waals surface area contributed by atoms with Crippen molar-refractivity contribution in [3.05, 3.63) is 72.5 Å². The highest BCUT2D eigenvalue weighted by Crippen LogP contribution is 2.27. The van der Waals surface area contributed by atoms with Crippen LogP contribution in [0.4, 0.5) is 0 Å². The summed E-state index contributed by atoms with van der Waals surface area (Å²) in [6, 6.07) is 9.40. The Balaban J connectivity index is 1.81. The van der Waals surface area contributed by atoms with Crippen molar-refractivity contribution in [3.8, 4) is 0 Å². The summed E-state index contributed by atoms with van der Waals surface area (Å²) in [6.07, 6.45) is 5.25. The van der Waals surface area contributed by atoms with Crippen molar-refractivity contribution >= 4 is 29.0 Å². The van der Waals surface area contributed by atoms with E-state index in [4.69, 9.17) is 28.9 Å². The van der Waals surface area contributed by atoms with Crippen molar-refractivity contribution in [1.29, 1.82) is 0 Å². The van der Waals surface area contributed by atoms with E-state index in [1.807, 2.05) is 12.1 Å². The molecule has 9 heteroatoms. The fraction of sp³-hybridized carbons (Fsp3) is 0.455. The molecular formula is C22H27Cl2N5O2. The van der Waals surface area contributed by atoms with Crippen LogP contribution < -0.4 is 11.3 Å². The van der Waals surface area contributed by atoms with Crippen LogP contribution in [0.3, 0.4) is 0 Å². The SMILES string of the molecule is CCC[C@H]1CCCN1Cc1c(Cl)cc(Cl)c(=O)n1CCc1ccc(/C(N)=N/N=O)cc1. The Kier molecular flexibility index (Phi) is 8.23. The number of likely N-dealkylation sites (tertiary alicyclic amines) is 1. The number of nitroso groups, excluding NO2 is 1. The molecule has 0 unspecified atom stereocenters. The van der Waals surface area contributed by atoms with Crippen LogP contribution in [-0.2, 0) is 19.5 Å². The molecule has 1 saturated heterocycles. The number of halogens is 2. The Morgan fingerprint density at radius 1 is 1.23 bits per heavy atom. The molecule has 0 radical (unpaired) electrons. The molecule has 0 aliphatic carbocycles.